The van der Waals surface area contributed by atoms with E-state index in [0.29, 0.717) is 6.54 Å². The number of thiophene rings is 1. The Hall–Kier alpha value is -2.57. The summed E-state index contributed by atoms with van der Waals surface area (Å²) < 4.78 is 37.7. The zero-order valence-electron chi connectivity index (χ0n) is 16.4. The molecular formula is C19H21F3N4O4S. The molecule has 4 heterocycles. The van der Waals surface area contributed by atoms with Gasteiger partial charge < -0.3 is 14.7 Å². The normalized spacial score (nSPS) is 19.1. The van der Waals surface area contributed by atoms with Crippen molar-refractivity contribution in [2.75, 3.05) is 31.1 Å². The predicted octanol–water partition coefficient (Wildman–Crippen LogP) is 2.57. The summed E-state index contributed by atoms with van der Waals surface area (Å²) in [5.74, 6) is -2.77. The molecule has 0 bridgehead atoms. The highest BCUT2D eigenvalue weighted by Gasteiger charge is 2.42. The molecule has 0 aliphatic carbocycles. The summed E-state index contributed by atoms with van der Waals surface area (Å²) in [6.45, 7) is 3.71. The number of hydrogen-bond donors (Lipinski definition) is 1. The molecule has 12 heteroatoms. The van der Waals surface area contributed by atoms with Gasteiger partial charge in [0.1, 0.15) is 12.9 Å². The Balaban J connectivity index is 0.000000339. The third kappa shape index (κ3) is 6.21. The first-order valence-corrected chi connectivity index (χ1v) is 10.3. The van der Waals surface area contributed by atoms with E-state index in [1.54, 1.807) is 28.6 Å². The molecule has 0 unspecified atom stereocenters. The summed E-state index contributed by atoms with van der Waals surface area (Å²) in [6, 6.07) is 4.28. The second-order valence-corrected chi connectivity index (χ2v) is 8.24. The van der Waals surface area contributed by atoms with Gasteiger partial charge in [-0.15, -0.1) is 11.3 Å². The number of carboxylic acids is 1. The number of piperidine rings is 1. The van der Waals surface area contributed by atoms with Crippen LogP contribution >= 0.6 is 11.3 Å². The lowest BCUT2D eigenvalue weighted by molar-refractivity contribution is -0.192. The van der Waals surface area contributed by atoms with Crippen LogP contribution in [0.25, 0.3) is 0 Å². The standard InChI is InChI=1S/C17H20N4O2S.C2HF3O2/c22-16-11-23-17(12-21(16)14-8-18-13-19-9-14)3-5-20(6-4-17)10-15-2-1-7-24-15;3-2(4,5)1(6)7/h1-2,7-9,13H,3-6,10-12H2;(H,6,7). The number of nitrogens with zero attached hydrogens (tertiary/aromatic N) is 4. The van der Waals surface area contributed by atoms with Crippen LogP contribution in [0.5, 0.6) is 0 Å². The molecule has 2 aliphatic rings. The molecule has 2 aromatic rings. The summed E-state index contributed by atoms with van der Waals surface area (Å²) in [7, 11) is 0. The van der Waals surface area contributed by atoms with Crippen molar-refractivity contribution in [1.82, 2.24) is 14.9 Å². The number of carboxylic acid groups (broad SMARTS) is 1. The molecule has 31 heavy (non-hydrogen) atoms. The van der Waals surface area contributed by atoms with E-state index in [2.05, 4.69) is 32.4 Å². The van der Waals surface area contributed by atoms with Gasteiger partial charge in [-0.2, -0.15) is 13.2 Å². The predicted molar refractivity (Wildman–Crippen MR) is 106 cm³/mol. The van der Waals surface area contributed by atoms with Gasteiger partial charge in [0.05, 0.1) is 30.2 Å². The molecule has 2 fully saturated rings. The average Bonchev–Trinajstić information content (AvgIpc) is 3.25. The van der Waals surface area contributed by atoms with Gasteiger partial charge in [-0.25, -0.2) is 14.8 Å². The lowest BCUT2D eigenvalue weighted by Gasteiger charge is -2.46. The van der Waals surface area contributed by atoms with E-state index in [1.165, 1.54) is 11.2 Å². The topological polar surface area (TPSA) is 95.9 Å². The van der Waals surface area contributed by atoms with Gasteiger partial charge in [-0.3, -0.25) is 9.69 Å². The van der Waals surface area contributed by atoms with E-state index < -0.39 is 12.1 Å². The second kappa shape index (κ2) is 9.71. The number of carbonyl (C=O) groups is 2. The smallest absolute Gasteiger partial charge is 0.475 e. The minimum atomic E-state index is -5.08. The number of morpholine rings is 1. The van der Waals surface area contributed by atoms with Gasteiger partial charge in [-0.1, -0.05) is 6.07 Å². The SMILES string of the molecule is O=C(O)C(F)(F)F.O=C1COC2(CCN(Cc3cccs3)CC2)CN1c1cncnc1. The molecule has 1 N–H and O–H groups in total. The van der Waals surface area contributed by atoms with Crippen molar-refractivity contribution in [3.05, 3.63) is 41.1 Å². The van der Waals surface area contributed by atoms with Crippen LogP contribution in [-0.4, -0.2) is 69.9 Å². The zero-order chi connectivity index (χ0) is 22.5. The number of hydrogen-bond acceptors (Lipinski definition) is 7. The first-order chi connectivity index (χ1) is 14.7. The Morgan fingerprint density at radius 2 is 1.90 bits per heavy atom. The summed E-state index contributed by atoms with van der Waals surface area (Å²) in [4.78, 5) is 34.8. The minimum Gasteiger partial charge on any atom is -0.475 e. The largest absolute Gasteiger partial charge is 0.490 e. The van der Waals surface area contributed by atoms with Crippen molar-refractivity contribution in [3.8, 4) is 0 Å². The first-order valence-electron chi connectivity index (χ1n) is 9.43. The van der Waals surface area contributed by atoms with E-state index in [0.717, 1.165) is 38.2 Å². The molecule has 2 saturated heterocycles. The van der Waals surface area contributed by atoms with Crippen molar-refractivity contribution in [1.29, 1.82) is 0 Å². The number of halogens is 3. The van der Waals surface area contributed by atoms with Crippen LogP contribution in [-0.2, 0) is 20.9 Å². The van der Waals surface area contributed by atoms with Crippen molar-refractivity contribution >= 4 is 28.9 Å². The van der Waals surface area contributed by atoms with Crippen molar-refractivity contribution < 1.29 is 32.6 Å². The number of carbonyl (C=O) groups excluding carboxylic acids is 1. The lowest BCUT2D eigenvalue weighted by atomic mass is 9.89. The van der Waals surface area contributed by atoms with E-state index in [-0.39, 0.29) is 18.1 Å². The van der Waals surface area contributed by atoms with Crippen LogP contribution in [0, 0.1) is 0 Å². The fourth-order valence-electron chi connectivity index (χ4n) is 3.42. The van der Waals surface area contributed by atoms with Crippen LogP contribution in [0.15, 0.2) is 36.2 Å². The van der Waals surface area contributed by atoms with Gasteiger partial charge >= 0.3 is 12.1 Å². The second-order valence-electron chi connectivity index (χ2n) is 7.21. The van der Waals surface area contributed by atoms with Crippen LogP contribution in [0.1, 0.15) is 17.7 Å². The van der Waals surface area contributed by atoms with Gasteiger partial charge in [-0.05, 0) is 24.3 Å². The van der Waals surface area contributed by atoms with Crippen molar-refractivity contribution in [2.24, 2.45) is 0 Å². The lowest BCUT2D eigenvalue weighted by Crippen LogP contribution is -2.58. The molecule has 0 atom stereocenters. The van der Waals surface area contributed by atoms with E-state index in [9.17, 15) is 18.0 Å². The molecule has 2 aliphatic heterocycles. The monoisotopic (exact) mass is 458 g/mol. The van der Waals surface area contributed by atoms with Gasteiger partial charge in [0.15, 0.2) is 0 Å². The summed E-state index contributed by atoms with van der Waals surface area (Å²) in [5.41, 5.74) is 0.515. The number of alkyl halides is 3. The molecule has 0 radical (unpaired) electrons. The average molecular weight is 458 g/mol. The van der Waals surface area contributed by atoms with Crippen LogP contribution in [0.2, 0.25) is 0 Å². The Kier molecular flexibility index (Phi) is 7.23. The Bertz CT molecular complexity index is 872. The first kappa shape index (κ1) is 23.1. The molecule has 0 saturated carbocycles. The number of rotatable bonds is 3. The van der Waals surface area contributed by atoms with Crippen LogP contribution < -0.4 is 4.90 Å². The summed E-state index contributed by atoms with van der Waals surface area (Å²) in [5, 5.41) is 9.25. The number of aliphatic carboxylic acids is 1. The van der Waals surface area contributed by atoms with Crippen molar-refractivity contribution in [3.63, 3.8) is 0 Å². The minimum absolute atomic E-state index is 0.0172. The fourth-order valence-corrected chi connectivity index (χ4v) is 4.17. The molecule has 4 rings (SSSR count). The third-order valence-corrected chi connectivity index (χ3v) is 5.94. The number of aromatic nitrogens is 2. The summed E-state index contributed by atoms with van der Waals surface area (Å²) >= 11 is 1.80. The molecule has 2 aromatic heterocycles. The highest BCUT2D eigenvalue weighted by molar-refractivity contribution is 7.09. The number of amides is 1. The number of ether oxygens (including phenoxy) is 1. The van der Waals surface area contributed by atoms with E-state index in [1.807, 2.05) is 0 Å². The maximum Gasteiger partial charge on any atom is 0.490 e. The fraction of sp³-hybridized carbons (Fsp3) is 0.474. The highest BCUT2D eigenvalue weighted by Crippen LogP contribution is 2.33. The third-order valence-electron chi connectivity index (χ3n) is 5.08. The Morgan fingerprint density at radius 1 is 1.26 bits per heavy atom. The van der Waals surface area contributed by atoms with Crippen molar-refractivity contribution in [2.45, 2.75) is 31.2 Å². The Labute approximate surface area is 180 Å². The molecule has 168 valence electrons. The van der Waals surface area contributed by atoms with E-state index >= 15 is 0 Å². The maximum absolute atomic E-state index is 12.2. The van der Waals surface area contributed by atoms with Gasteiger partial charge in [0, 0.05) is 24.5 Å². The van der Waals surface area contributed by atoms with Crippen LogP contribution in [0.3, 0.4) is 0 Å². The summed E-state index contributed by atoms with van der Waals surface area (Å²) in [6.07, 6.45) is 1.66. The van der Waals surface area contributed by atoms with Gasteiger partial charge in [0.2, 0.25) is 0 Å². The molecule has 0 aromatic carbocycles. The quantitative estimate of drug-likeness (QED) is 0.755. The Morgan fingerprint density at radius 3 is 2.45 bits per heavy atom. The molecule has 1 spiro atoms. The zero-order valence-corrected chi connectivity index (χ0v) is 17.2. The molecule has 1 amide bonds. The highest BCUT2D eigenvalue weighted by atomic mass is 32.1. The maximum atomic E-state index is 12.2. The van der Waals surface area contributed by atoms with E-state index in [4.69, 9.17) is 14.6 Å². The number of anilines is 1. The number of likely N-dealkylation sites (tertiary alicyclic amines) is 1. The molecule has 8 nitrogen and oxygen atoms in total. The van der Waals surface area contributed by atoms with Gasteiger partial charge in [0.25, 0.3) is 5.91 Å². The molecular weight excluding hydrogens is 437 g/mol. The van der Waals surface area contributed by atoms with Crippen LogP contribution in [0.4, 0.5) is 18.9 Å².